The monoisotopic (exact) mass is 332 g/mol. The van der Waals surface area contributed by atoms with Crippen LogP contribution in [0.2, 0.25) is 0 Å². The lowest BCUT2D eigenvalue weighted by Crippen LogP contribution is -2.11. The van der Waals surface area contributed by atoms with E-state index in [1.807, 2.05) is 41.8 Å². The van der Waals surface area contributed by atoms with Gasteiger partial charge >= 0.3 is 0 Å². The van der Waals surface area contributed by atoms with Crippen molar-refractivity contribution in [3.63, 3.8) is 0 Å². The Morgan fingerprint density at radius 1 is 1.26 bits per heavy atom. The van der Waals surface area contributed by atoms with Crippen molar-refractivity contribution in [2.45, 2.75) is 0 Å². The Hall–Kier alpha value is -1.72. The predicted octanol–water partition coefficient (Wildman–Crippen LogP) is 3.92. The minimum atomic E-state index is -0.175. The lowest BCUT2D eigenvalue weighted by Gasteiger charge is -1.97. The number of aromatic nitrogens is 2. The van der Waals surface area contributed by atoms with Crippen molar-refractivity contribution in [2.75, 3.05) is 0 Å². The van der Waals surface area contributed by atoms with Gasteiger partial charge in [-0.1, -0.05) is 12.1 Å². The predicted molar refractivity (Wildman–Crippen MR) is 83.3 cm³/mol. The van der Waals surface area contributed by atoms with Gasteiger partial charge in [-0.15, -0.1) is 11.3 Å². The molecule has 0 unspecified atom stereocenters. The summed E-state index contributed by atoms with van der Waals surface area (Å²) in [5.41, 5.74) is 1.78. The van der Waals surface area contributed by atoms with Crippen LogP contribution in [0, 0.1) is 0 Å². The highest BCUT2D eigenvalue weighted by molar-refractivity contribution is 9.10. The van der Waals surface area contributed by atoms with Gasteiger partial charge in [-0.25, -0.2) is 4.98 Å². The van der Waals surface area contributed by atoms with Crippen LogP contribution in [0.15, 0.2) is 45.0 Å². The van der Waals surface area contributed by atoms with E-state index >= 15 is 0 Å². The van der Waals surface area contributed by atoms with Crippen molar-refractivity contribution in [1.82, 2.24) is 9.97 Å². The normalized spacial score (nSPS) is 11.4. The lowest BCUT2D eigenvalue weighted by atomic mass is 10.3. The van der Waals surface area contributed by atoms with E-state index in [4.69, 9.17) is 0 Å². The molecule has 19 heavy (non-hydrogen) atoms. The standard InChI is InChI=1S/C14H9BrN2OS/c15-9-7-10(19-8-9)5-6-13-14(18)17-12-4-2-1-3-11(12)16-13/h1-8H,(H,17,18)/b6-5+. The second-order valence-corrected chi connectivity index (χ2v) is 5.83. The van der Waals surface area contributed by atoms with Crippen molar-refractivity contribution in [2.24, 2.45) is 0 Å². The molecular weight excluding hydrogens is 324 g/mol. The lowest BCUT2D eigenvalue weighted by molar-refractivity contribution is 1.19. The molecule has 1 N–H and O–H groups in total. The van der Waals surface area contributed by atoms with Crippen LogP contribution in [0.3, 0.4) is 0 Å². The number of hydrogen-bond donors (Lipinski definition) is 1. The molecule has 1 aromatic carbocycles. The molecule has 5 heteroatoms. The van der Waals surface area contributed by atoms with Gasteiger partial charge in [0, 0.05) is 14.7 Å². The summed E-state index contributed by atoms with van der Waals surface area (Å²) in [6, 6.07) is 9.49. The van der Waals surface area contributed by atoms with E-state index in [0.29, 0.717) is 5.69 Å². The van der Waals surface area contributed by atoms with Crippen LogP contribution < -0.4 is 5.56 Å². The van der Waals surface area contributed by atoms with Gasteiger partial charge in [0.05, 0.1) is 11.0 Å². The molecule has 3 aromatic rings. The number of benzene rings is 1. The number of para-hydroxylation sites is 2. The van der Waals surface area contributed by atoms with Gasteiger partial charge in [0.15, 0.2) is 0 Å². The second-order valence-electron chi connectivity index (χ2n) is 3.97. The maximum absolute atomic E-state index is 11.9. The van der Waals surface area contributed by atoms with E-state index in [1.165, 1.54) is 0 Å². The quantitative estimate of drug-likeness (QED) is 0.773. The fourth-order valence-electron chi connectivity index (χ4n) is 1.73. The molecule has 94 valence electrons. The molecule has 0 bridgehead atoms. The van der Waals surface area contributed by atoms with Crippen molar-refractivity contribution < 1.29 is 0 Å². The molecule has 0 atom stereocenters. The molecule has 3 rings (SSSR count). The Kier molecular flexibility index (Phi) is 3.31. The number of halogens is 1. The summed E-state index contributed by atoms with van der Waals surface area (Å²) in [6.07, 6.45) is 3.63. The molecule has 0 fully saturated rings. The highest BCUT2D eigenvalue weighted by atomic mass is 79.9. The number of thiophene rings is 1. The average molecular weight is 333 g/mol. The largest absolute Gasteiger partial charge is 0.319 e. The van der Waals surface area contributed by atoms with E-state index in [-0.39, 0.29) is 5.56 Å². The third-order valence-corrected chi connectivity index (χ3v) is 4.28. The van der Waals surface area contributed by atoms with Gasteiger partial charge in [0.2, 0.25) is 0 Å². The fraction of sp³-hybridized carbons (Fsp3) is 0. The summed E-state index contributed by atoms with van der Waals surface area (Å²) >= 11 is 5.00. The first kappa shape index (κ1) is 12.3. The summed E-state index contributed by atoms with van der Waals surface area (Å²) in [5.74, 6) is 0. The molecule has 3 nitrogen and oxygen atoms in total. The van der Waals surface area contributed by atoms with Crippen LogP contribution in [-0.4, -0.2) is 9.97 Å². The van der Waals surface area contributed by atoms with E-state index < -0.39 is 0 Å². The molecule has 2 heterocycles. The molecular formula is C14H9BrN2OS. The summed E-state index contributed by atoms with van der Waals surface area (Å²) in [6.45, 7) is 0. The average Bonchev–Trinajstić information content (AvgIpc) is 2.82. The zero-order valence-corrected chi connectivity index (χ0v) is 12.2. The van der Waals surface area contributed by atoms with Crippen LogP contribution in [0.25, 0.3) is 23.2 Å². The summed E-state index contributed by atoms with van der Waals surface area (Å²) in [5, 5.41) is 2.00. The first-order valence-corrected chi connectivity index (χ1v) is 7.31. The van der Waals surface area contributed by atoms with Crippen molar-refractivity contribution in [3.8, 4) is 0 Å². The van der Waals surface area contributed by atoms with Crippen LogP contribution in [0.5, 0.6) is 0 Å². The molecule has 0 saturated carbocycles. The minimum absolute atomic E-state index is 0.175. The molecule has 0 spiro atoms. The maximum Gasteiger partial charge on any atom is 0.274 e. The molecule has 0 aliphatic carbocycles. The Morgan fingerprint density at radius 3 is 2.89 bits per heavy atom. The van der Waals surface area contributed by atoms with Gasteiger partial charge in [-0.2, -0.15) is 0 Å². The first-order chi connectivity index (χ1) is 9.22. The van der Waals surface area contributed by atoms with Gasteiger partial charge in [0.1, 0.15) is 5.69 Å². The van der Waals surface area contributed by atoms with Gasteiger partial charge in [-0.3, -0.25) is 4.79 Å². The number of fused-ring (bicyclic) bond motifs is 1. The molecule has 0 amide bonds. The zero-order valence-electron chi connectivity index (χ0n) is 9.76. The SMILES string of the molecule is O=c1[nH]c2ccccc2nc1/C=C/c1cc(Br)cs1. The van der Waals surface area contributed by atoms with E-state index in [2.05, 4.69) is 25.9 Å². The van der Waals surface area contributed by atoms with Crippen LogP contribution in [0.4, 0.5) is 0 Å². The Labute approximate surface area is 121 Å². The highest BCUT2D eigenvalue weighted by Crippen LogP contribution is 2.21. The molecule has 2 aromatic heterocycles. The zero-order chi connectivity index (χ0) is 13.2. The van der Waals surface area contributed by atoms with Crippen LogP contribution in [0.1, 0.15) is 10.6 Å². The third-order valence-electron chi connectivity index (χ3n) is 2.62. The van der Waals surface area contributed by atoms with E-state index in [1.54, 1.807) is 17.4 Å². The minimum Gasteiger partial charge on any atom is -0.319 e. The van der Waals surface area contributed by atoms with Gasteiger partial charge in [0.25, 0.3) is 5.56 Å². The molecule has 0 saturated heterocycles. The summed E-state index contributed by atoms with van der Waals surface area (Å²) < 4.78 is 1.04. The molecule has 0 aliphatic rings. The van der Waals surface area contributed by atoms with Crippen LogP contribution >= 0.6 is 27.3 Å². The third kappa shape index (κ3) is 2.67. The second kappa shape index (κ2) is 5.11. The van der Waals surface area contributed by atoms with Gasteiger partial charge < -0.3 is 4.98 Å². The van der Waals surface area contributed by atoms with Crippen LogP contribution in [-0.2, 0) is 0 Å². The number of nitrogens with one attached hydrogen (secondary N) is 1. The number of hydrogen-bond acceptors (Lipinski definition) is 3. The smallest absolute Gasteiger partial charge is 0.274 e. The number of rotatable bonds is 2. The maximum atomic E-state index is 11.9. The Morgan fingerprint density at radius 2 is 2.11 bits per heavy atom. The summed E-state index contributed by atoms with van der Waals surface area (Å²) in [4.78, 5) is 20.1. The van der Waals surface area contributed by atoms with Crippen molar-refractivity contribution in [3.05, 3.63) is 61.1 Å². The first-order valence-electron chi connectivity index (χ1n) is 5.63. The van der Waals surface area contributed by atoms with Crippen molar-refractivity contribution in [1.29, 1.82) is 0 Å². The Balaban J connectivity index is 2.03. The molecule has 0 aliphatic heterocycles. The highest BCUT2D eigenvalue weighted by Gasteiger charge is 2.01. The number of H-pyrrole nitrogens is 1. The number of nitrogens with zero attached hydrogens (tertiary/aromatic N) is 1. The van der Waals surface area contributed by atoms with Gasteiger partial charge in [-0.05, 0) is 46.3 Å². The number of aromatic amines is 1. The topological polar surface area (TPSA) is 45.8 Å². The molecule has 0 radical (unpaired) electrons. The van der Waals surface area contributed by atoms with Crippen molar-refractivity contribution >= 4 is 50.5 Å². The summed E-state index contributed by atoms with van der Waals surface area (Å²) in [7, 11) is 0. The Bertz CT molecular complexity index is 819. The fourth-order valence-corrected chi connectivity index (χ4v) is 3.07. The van der Waals surface area contributed by atoms with E-state index in [9.17, 15) is 4.79 Å². The van der Waals surface area contributed by atoms with E-state index in [0.717, 1.165) is 20.4 Å².